The van der Waals surface area contributed by atoms with Crippen LogP contribution in [0.25, 0.3) is 33.2 Å². The van der Waals surface area contributed by atoms with Crippen LogP contribution in [0, 0.1) is 11.6 Å². The van der Waals surface area contributed by atoms with Gasteiger partial charge >= 0.3 is 0 Å². The molecule has 192 valence electrons. The van der Waals surface area contributed by atoms with Crippen molar-refractivity contribution in [3.63, 3.8) is 0 Å². The van der Waals surface area contributed by atoms with E-state index in [1.807, 2.05) is 24.3 Å². The third kappa shape index (κ3) is 4.78. The Morgan fingerprint density at radius 2 is 1.71 bits per heavy atom. The first-order valence-electron chi connectivity index (χ1n) is 11.2. The second kappa shape index (κ2) is 9.60. The fourth-order valence-corrected chi connectivity index (χ4v) is 5.16. The Morgan fingerprint density at radius 3 is 2.45 bits per heavy atom. The van der Waals surface area contributed by atoms with E-state index in [4.69, 9.17) is 16.2 Å². The third-order valence-corrected chi connectivity index (χ3v) is 7.25. The van der Waals surface area contributed by atoms with E-state index in [9.17, 15) is 17.2 Å². The second-order valence-corrected chi connectivity index (χ2v) is 10.1. The van der Waals surface area contributed by atoms with E-state index in [2.05, 4.69) is 14.7 Å². The molecular formula is C27H21F2N5O3S. The number of pyridine rings is 2. The number of halogens is 2. The van der Waals surface area contributed by atoms with Crippen LogP contribution in [0.3, 0.4) is 0 Å². The summed E-state index contributed by atoms with van der Waals surface area (Å²) < 4.78 is 60.7. The zero-order chi connectivity index (χ0) is 27.0. The van der Waals surface area contributed by atoms with Crippen LogP contribution in [0.2, 0.25) is 0 Å². The van der Waals surface area contributed by atoms with Gasteiger partial charge in [-0.15, -0.1) is 0 Å². The molecule has 5 aromatic rings. The number of hydrogen-bond acceptors (Lipinski definition) is 7. The molecule has 0 aliphatic carbocycles. The maximum atomic E-state index is 14.2. The number of fused-ring (bicyclic) bond motifs is 1. The van der Waals surface area contributed by atoms with Crippen molar-refractivity contribution in [2.75, 3.05) is 23.3 Å². The van der Waals surface area contributed by atoms with Crippen molar-refractivity contribution in [1.29, 1.82) is 0 Å². The van der Waals surface area contributed by atoms with E-state index in [-0.39, 0.29) is 11.6 Å². The van der Waals surface area contributed by atoms with E-state index in [1.165, 1.54) is 19.4 Å². The van der Waals surface area contributed by atoms with Gasteiger partial charge in [-0.1, -0.05) is 18.2 Å². The van der Waals surface area contributed by atoms with Crippen LogP contribution in [0.5, 0.6) is 5.88 Å². The minimum atomic E-state index is -4.42. The number of anilines is 3. The first-order valence-corrected chi connectivity index (χ1v) is 12.7. The van der Waals surface area contributed by atoms with E-state index >= 15 is 0 Å². The number of sulfonamides is 1. The lowest BCUT2D eigenvalue weighted by Crippen LogP contribution is -2.15. The van der Waals surface area contributed by atoms with Crippen molar-refractivity contribution in [1.82, 2.24) is 9.97 Å². The zero-order valence-corrected chi connectivity index (χ0v) is 20.8. The molecule has 0 saturated heterocycles. The zero-order valence-electron chi connectivity index (χ0n) is 19.9. The number of hydrogen-bond donors (Lipinski definition) is 3. The molecular weight excluding hydrogens is 512 g/mol. The highest BCUT2D eigenvalue weighted by Gasteiger charge is 2.22. The van der Waals surface area contributed by atoms with E-state index in [0.29, 0.717) is 39.8 Å². The van der Waals surface area contributed by atoms with Crippen LogP contribution in [0.4, 0.5) is 26.0 Å². The maximum Gasteiger partial charge on any atom is 0.264 e. The van der Waals surface area contributed by atoms with Crippen LogP contribution in [-0.4, -0.2) is 25.5 Å². The summed E-state index contributed by atoms with van der Waals surface area (Å²) in [5, 5.41) is 0.778. The molecule has 5 rings (SSSR count). The molecule has 0 aliphatic heterocycles. The van der Waals surface area contributed by atoms with Gasteiger partial charge in [0.1, 0.15) is 28.0 Å². The first kappa shape index (κ1) is 24.9. The van der Waals surface area contributed by atoms with Crippen LogP contribution < -0.4 is 20.9 Å². The van der Waals surface area contributed by atoms with Gasteiger partial charge < -0.3 is 16.2 Å². The molecule has 3 aromatic carbocycles. The van der Waals surface area contributed by atoms with Gasteiger partial charge in [-0.3, -0.25) is 4.72 Å². The summed E-state index contributed by atoms with van der Waals surface area (Å²) in [6.45, 7) is 0. The van der Waals surface area contributed by atoms with Gasteiger partial charge in [0.2, 0.25) is 5.88 Å². The molecule has 0 atom stereocenters. The van der Waals surface area contributed by atoms with Crippen molar-refractivity contribution in [3.8, 4) is 28.1 Å². The normalized spacial score (nSPS) is 11.4. The average Bonchev–Trinajstić information content (AvgIpc) is 2.87. The van der Waals surface area contributed by atoms with Crippen LogP contribution in [-0.2, 0) is 10.0 Å². The van der Waals surface area contributed by atoms with Gasteiger partial charge in [-0.2, -0.15) is 0 Å². The third-order valence-electron chi connectivity index (χ3n) is 5.85. The Labute approximate surface area is 217 Å². The van der Waals surface area contributed by atoms with E-state index < -0.39 is 26.6 Å². The maximum absolute atomic E-state index is 14.2. The van der Waals surface area contributed by atoms with Crippen LogP contribution in [0.15, 0.2) is 83.9 Å². The smallest absolute Gasteiger partial charge is 0.264 e. The highest BCUT2D eigenvalue weighted by Crippen LogP contribution is 2.34. The molecule has 0 unspecified atom stereocenters. The fourth-order valence-electron chi connectivity index (χ4n) is 4.05. The summed E-state index contributed by atoms with van der Waals surface area (Å²) in [7, 11) is -3.10. The number of ether oxygens (including phenoxy) is 1. The van der Waals surface area contributed by atoms with Gasteiger partial charge in [0.25, 0.3) is 10.0 Å². The van der Waals surface area contributed by atoms with Gasteiger partial charge in [0, 0.05) is 34.5 Å². The average molecular weight is 534 g/mol. The summed E-state index contributed by atoms with van der Waals surface area (Å²) in [6, 6.07) is 18.3. The van der Waals surface area contributed by atoms with Crippen molar-refractivity contribution in [2.45, 2.75) is 4.90 Å². The fraction of sp³-hybridized carbons (Fsp3) is 0.0370. The molecule has 0 fully saturated rings. The molecule has 5 N–H and O–H groups in total. The second-order valence-electron chi connectivity index (χ2n) is 8.42. The van der Waals surface area contributed by atoms with Crippen LogP contribution in [0.1, 0.15) is 0 Å². The number of rotatable bonds is 6. The Kier molecular flexibility index (Phi) is 6.29. The van der Waals surface area contributed by atoms with Crippen LogP contribution >= 0.6 is 0 Å². The number of aromatic nitrogens is 2. The summed E-state index contributed by atoms with van der Waals surface area (Å²) in [6.07, 6.45) is 1.51. The molecule has 38 heavy (non-hydrogen) atoms. The number of nitrogen functional groups attached to an aromatic ring is 2. The molecule has 2 aromatic heterocycles. The molecule has 2 heterocycles. The largest absolute Gasteiger partial charge is 0.480 e. The highest BCUT2D eigenvalue weighted by molar-refractivity contribution is 7.92. The predicted molar refractivity (Wildman–Crippen MR) is 143 cm³/mol. The summed E-state index contributed by atoms with van der Waals surface area (Å²) in [4.78, 5) is 8.00. The summed E-state index contributed by atoms with van der Waals surface area (Å²) in [5.41, 5.74) is 16.1. The quantitative estimate of drug-likeness (QED) is 0.255. The molecule has 0 amide bonds. The van der Waals surface area contributed by atoms with Gasteiger partial charge in [0.15, 0.2) is 0 Å². The van der Waals surface area contributed by atoms with Gasteiger partial charge in [-0.05, 0) is 59.7 Å². The molecule has 0 radical (unpaired) electrons. The highest BCUT2D eigenvalue weighted by atomic mass is 32.2. The molecule has 11 heteroatoms. The van der Waals surface area contributed by atoms with Crippen molar-refractivity contribution in [3.05, 3.63) is 90.6 Å². The number of nitrogens with zero attached hydrogens (tertiary/aromatic N) is 2. The Balaban J connectivity index is 1.56. The van der Waals surface area contributed by atoms with Crippen molar-refractivity contribution >= 4 is 38.1 Å². The monoisotopic (exact) mass is 533 g/mol. The Bertz CT molecular complexity index is 1810. The molecule has 8 nitrogen and oxygen atoms in total. The lowest BCUT2D eigenvalue weighted by Gasteiger charge is -2.14. The minimum Gasteiger partial charge on any atom is -0.480 e. The standard InChI is InChI=1S/C27H21F2N5O3S/c1-37-27-24(34-38(35,36)25-8-6-19(28)13-22(25)29)12-18(14-32-27)15-5-7-23-17(9-15)11-21(26(31)33-23)16-3-2-4-20(30)10-16/h2-14,34H,30H2,1H3,(H2,31,33). The molecule has 0 bridgehead atoms. The predicted octanol–water partition coefficient (Wildman–Crippen LogP) is 5.22. The van der Waals surface area contributed by atoms with E-state index in [0.717, 1.165) is 23.1 Å². The number of methoxy groups -OCH3 is 1. The van der Waals surface area contributed by atoms with Gasteiger partial charge in [-0.25, -0.2) is 27.2 Å². The van der Waals surface area contributed by atoms with E-state index in [1.54, 1.807) is 24.3 Å². The first-order chi connectivity index (χ1) is 18.1. The number of benzene rings is 3. The molecule has 0 saturated carbocycles. The Morgan fingerprint density at radius 1 is 0.895 bits per heavy atom. The molecule has 0 spiro atoms. The number of nitrogens with one attached hydrogen (secondary N) is 1. The summed E-state index contributed by atoms with van der Waals surface area (Å²) in [5.74, 6) is -1.79. The van der Waals surface area contributed by atoms with Crippen molar-refractivity contribution in [2.24, 2.45) is 0 Å². The molecule has 0 aliphatic rings. The number of nitrogens with two attached hydrogens (primary N) is 2. The van der Waals surface area contributed by atoms with Gasteiger partial charge in [0.05, 0.1) is 12.6 Å². The Hall–Kier alpha value is -4.77. The summed E-state index contributed by atoms with van der Waals surface area (Å²) >= 11 is 0. The SMILES string of the molecule is COc1ncc(-c2ccc3nc(N)c(-c4cccc(N)c4)cc3c2)cc1NS(=O)(=O)c1ccc(F)cc1F. The topological polar surface area (TPSA) is 133 Å². The van der Waals surface area contributed by atoms with Crippen molar-refractivity contribution < 1.29 is 21.9 Å². The lowest BCUT2D eigenvalue weighted by molar-refractivity contribution is 0.400. The lowest BCUT2D eigenvalue weighted by atomic mass is 10.0. The minimum absolute atomic E-state index is 0.0234.